The monoisotopic (exact) mass is 312 g/mol. The molecule has 1 aliphatic rings. The number of hydrogen-bond donors (Lipinski definition) is 1. The summed E-state index contributed by atoms with van der Waals surface area (Å²) in [5.41, 5.74) is 0.879. The van der Waals surface area contributed by atoms with Gasteiger partial charge in [-0.1, -0.05) is 29.8 Å². The molecule has 1 aliphatic heterocycles. The Kier molecular flexibility index (Phi) is 6.45. The van der Waals surface area contributed by atoms with E-state index in [4.69, 9.17) is 21.1 Å². The van der Waals surface area contributed by atoms with Crippen molar-refractivity contribution in [2.24, 2.45) is 0 Å². The van der Waals surface area contributed by atoms with Crippen LogP contribution < -0.4 is 5.32 Å². The summed E-state index contributed by atoms with van der Waals surface area (Å²) >= 11 is 6.01. The first-order chi connectivity index (χ1) is 10.1. The Labute approximate surface area is 130 Å². The van der Waals surface area contributed by atoms with Crippen LogP contribution in [0.4, 0.5) is 0 Å². The summed E-state index contributed by atoms with van der Waals surface area (Å²) in [7, 11) is 2.05. The molecule has 0 saturated carbocycles. The number of benzene rings is 1. The summed E-state index contributed by atoms with van der Waals surface area (Å²) in [6.07, 6.45) is 0.0521. The number of halogens is 1. The summed E-state index contributed by atoms with van der Waals surface area (Å²) in [5.74, 6) is -0.140. The van der Waals surface area contributed by atoms with Crippen LogP contribution in [-0.4, -0.2) is 56.8 Å². The Morgan fingerprint density at radius 2 is 2.33 bits per heavy atom. The molecule has 1 fully saturated rings. The first-order valence-electron chi connectivity index (χ1n) is 7.03. The second-order valence-electron chi connectivity index (χ2n) is 5.14. The number of carbonyl (C=O) groups excluding carboxylic acids is 1. The highest BCUT2D eigenvalue weighted by Gasteiger charge is 2.18. The van der Waals surface area contributed by atoms with Crippen molar-refractivity contribution in [1.82, 2.24) is 10.2 Å². The lowest BCUT2D eigenvalue weighted by atomic mass is 10.2. The minimum Gasteiger partial charge on any atom is -0.374 e. The zero-order chi connectivity index (χ0) is 15.1. The van der Waals surface area contributed by atoms with Gasteiger partial charge in [-0.25, -0.2) is 0 Å². The summed E-state index contributed by atoms with van der Waals surface area (Å²) in [6, 6.07) is 7.43. The van der Waals surface area contributed by atoms with Gasteiger partial charge >= 0.3 is 0 Å². The van der Waals surface area contributed by atoms with Crippen LogP contribution in [0.15, 0.2) is 24.3 Å². The molecule has 0 bridgehead atoms. The molecule has 116 valence electrons. The SMILES string of the molecule is CN1CCO[C@@H](CNC(=O)COCc2ccccc2Cl)C1. The zero-order valence-electron chi connectivity index (χ0n) is 12.2. The number of likely N-dealkylation sites (N-methyl/N-ethyl adjacent to an activating group) is 1. The van der Waals surface area contributed by atoms with Gasteiger partial charge in [-0.15, -0.1) is 0 Å². The third-order valence-corrected chi connectivity index (χ3v) is 3.69. The highest BCUT2D eigenvalue weighted by molar-refractivity contribution is 6.31. The van der Waals surface area contributed by atoms with Crippen LogP contribution in [0.2, 0.25) is 5.02 Å². The smallest absolute Gasteiger partial charge is 0.246 e. The van der Waals surface area contributed by atoms with E-state index in [1.165, 1.54) is 0 Å². The summed E-state index contributed by atoms with van der Waals surface area (Å²) in [5, 5.41) is 3.47. The highest BCUT2D eigenvalue weighted by Crippen LogP contribution is 2.15. The van der Waals surface area contributed by atoms with Crippen molar-refractivity contribution in [3.05, 3.63) is 34.9 Å². The molecule has 0 radical (unpaired) electrons. The average Bonchev–Trinajstić information content (AvgIpc) is 2.47. The summed E-state index contributed by atoms with van der Waals surface area (Å²) in [6.45, 7) is 3.34. The third kappa shape index (κ3) is 5.63. The van der Waals surface area contributed by atoms with Crippen molar-refractivity contribution < 1.29 is 14.3 Å². The number of carbonyl (C=O) groups is 1. The Balaban J connectivity index is 1.62. The molecular weight excluding hydrogens is 292 g/mol. The van der Waals surface area contributed by atoms with Crippen molar-refractivity contribution in [2.75, 3.05) is 39.9 Å². The number of nitrogens with zero attached hydrogens (tertiary/aromatic N) is 1. The van der Waals surface area contributed by atoms with E-state index in [1.54, 1.807) is 6.07 Å². The number of amides is 1. The summed E-state index contributed by atoms with van der Waals surface area (Å²) in [4.78, 5) is 13.9. The number of hydrogen-bond acceptors (Lipinski definition) is 4. The van der Waals surface area contributed by atoms with Gasteiger partial charge in [-0.2, -0.15) is 0 Å². The van der Waals surface area contributed by atoms with Gasteiger partial charge < -0.3 is 19.7 Å². The minimum atomic E-state index is -0.140. The molecule has 1 aromatic rings. The zero-order valence-corrected chi connectivity index (χ0v) is 12.9. The van der Waals surface area contributed by atoms with Crippen molar-refractivity contribution in [3.8, 4) is 0 Å². The molecule has 0 spiro atoms. The fourth-order valence-corrected chi connectivity index (χ4v) is 2.33. The molecule has 1 N–H and O–H groups in total. The van der Waals surface area contributed by atoms with Gasteiger partial charge in [0.15, 0.2) is 0 Å². The van der Waals surface area contributed by atoms with Crippen LogP contribution in [0.5, 0.6) is 0 Å². The lowest BCUT2D eigenvalue weighted by Crippen LogP contribution is -2.46. The van der Waals surface area contributed by atoms with E-state index in [0.29, 0.717) is 24.8 Å². The van der Waals surface area contributed by atoms with Crippen LogP contribution in [0.1, 0.15) is 5.56 Å². The van der Waals surface area contributed by atoms with E-state index < -0.39 is 0 Å². The maximum Gasteiger partial charge on any atom is 0.246 e. The van der Waals surface area contributed by atoms with Crippen LogP contribution in [0, 0.1) is 0 Å². The number of ether oxygens (including phenoxy) is 2. The highest BCUT2D eigenvalue weighted by atomic mass is 35.5. The van der Waals surface area contributed by atoms with E-state index in [2.05, 4.69) is 10.2 Å². The van der Waals surface area contributed by atoms with E-state index in [1.807, 2.05) is 25.2 Å². The minimum absolute atomic E-state index is 0.0216. The standard InChI is InChI=1S/C15H21ClN2O3/c1-18-6-7-21-13(9-18)8-17-15(19)11-20-10-12-4-2-3-5-14(12)16/h2-5,13H,6-11H2,1H3,(H,17,19)/t13-/m0/s1. The van der Waals surface area contributed by atoms with Gasteiger partial charge in [0.25, 0.3) is 0 Å². The second kappa shape index (κ2) is 8.34. The fourth-order valence-electron chi connectivity index (χ4n) is 2.14. The maximum atomic E-state index is 11.7. The van der Waals surface area contributed by atoms with Gasteiger partial charge in [0.2, 0.25) is 5.91 Å². The molecule has 1 aromatic carbocycles. The molecule has 0 unspecified atom stereocenters. The molecule has 2 rings (SSSR count). The van der Waals surface area contributed by atoms with Crippen molar-refractivity contribution in [1.29, 1.82) is 0 Å². The molecule has 21 heavy (non-hydrogen) atoms. The van der Waals surface area contributed by atoms with E-state index in [-0.39, 0.29) is 18.6 Å². The van der Waals surface area contributed by atoms with Gasteiger partial charge in [0.05, 0.1) is 19.3 Å². The van der Waals surface area contributed by atoms with Gasteiger partial charge in [-0.3, -0.25) is 4.79 Å². The van der Waals surface area contributed by atoms with E-state index in [0.717, 1.165) is 18.7 Å². The molecule has 0 aliphatic carbocycles. The van der Waals surface area contributed by atoms with Gasteiger partial charge in [0.1, 0.15) is 6.61 Å². The Bertz CT molecular complexity index is 470. The fraction of sp³-hybridized carbons (Fsp3) is 0.533. The number of morpholine rings is 1. The third-order valence-electron chi connectivity index (χ3n) is 3.32. The van der Waals surface area contributed by atoms with E-state index in [9.17, 15) is 4.79 Å². The van der Waals surface area contributed by atoms with Crippen LogP contribution in [0.3, 0.4) is 0 Å². The van der Waals surface area contributed by atoms with Crippen molar-refractivity contribution in [2.45, 2.75) is 12.7 Å². The Morgan fingerprint density at radius 1 is 1.52 bits per heavy atom. The average molecular weight is 313 g/mol. The largest absolute Gasteiger partial charge is 0.374 e. The quantitative estimate of drug-likeness (QED) is 0.860. The molecular formula is C15H21ClN2O3. The topological polar surface area (TPSA) is 50.8 Å². The van der Waals surface area contributed by atoms with Crippen LogP contribution >= 0.6 is 11.6 Å². The van der Waals surface area contributed by atoms with Gasteiger partial charge in [0, 0.05) is 24.7 Å². The van der Waals surface area contributed by atoms with E-state index >= 15 is 0 Å². The number of nitrogens with one attached hydrogen (secondary N) is 1. The van der Waals surface area contributed by atoms with Crippen LogP contribution in [-0.2, 0) is 20.9 Å². The van der Waals surface area contributed by atoms with Crippen molar-refractivity contribution in [3.63, 3.8) is 0 Å². The molecule has 1 atom stereocenters. The molecule has 6 heteroatoms. The molecule has 1 saturated heterocycles. The normalized spacial score (nSPS) is 19.4. The molecule has 1 heterocycles. The summed E-state index contributed by atoms with van der Waals surface area (Å²) < 4.78 is 10.9. The number of rotatable bonds is 6. The molecule has 0 aromatic heterocycles. The first kappa shape index (κ1) is 16.2. The maximum absolute atomic E-state index is 11.7. The van der Waals surface area contributed by atoms with Crippen LogP contribution in [0.25, 0.3) is 0 Å². The predicted octanol–water partition coefficient (Wildman–Crippen LogP) is 1.30. The predicted molar refractivity (Wildman–Crippen MR) is 81.4 cm³/mol. The molecule has 1 amide bonds. The first-order valence-corrected chi connectivity index (χ1v) is 7.41. The van der Waals surface area contributed by atoms with Gasteiger partial charge in [-0.05, 0) is 18.7 Å². The Hall–Kier alpha value is -1.14. The lowest BCUT2D eigenvalue weighted by Gasteiger charge is -2.30. The van der Waals surface area contributed by atoms with Crippen molar-refractivity contribution >= 4 is 17.5 Å². The lowest BCUT2D eigenvalue weighted by molar-refractivity contribution is -0.127. The molecule has 5 nitrogen and oxygen atoms in total. The second-order valence-corrected chi connectivity index (χ2v) is 5.55. The Morgan fingerprint density at radius 3 is 3.10 bits per heavy atom.